The highest BCUT2D eigenvalue weighted by atomic mass is 35.5. The number of aliphatic hydroxyl groups is 1. The minimum atomic E-state index is -0.661. The van der Waals surface area contributed by atoms with Crippen molar-refractivity contribution in [3.63, 3.8) is 0 Å². The van der Waals surface area contributed by atoms with E-state index in [1.165, 1.54) is 0 Å². The number of nitrogens with zero attached hydrogens (tertiary/aromatic N) is 3. The van der Waals surface area contributed by atoms with Gasteiger partial charge < -0.3 is 16.2 Å². The summed E-state index contributed by atoms with van der Waals surface area (Å²) in [4.78, 5) is 16.4. The van der Waals surface area contributed by atoms with E-state index in [2.05, 4.69) is 22.0 Å². The first-order chi connectivity index (χ1) is 11.5. The summed E-state index contributed by atoms with van der Waals surface area (Å²) in [5.74, 6) is -0.0644. The molecule has 1 amide bonds. The molecule has 0 saturated carbocycles. The molecule has 3 rings (SSSR count). The summed E-state index contributed by atoms with van der Waals surface area (Å²) in [6.45, 7) is 3.99. The average Bonchev–Trinajstić information content (AvgIpc) is 2.94. The zero-order chi connectivity index (χ0) is 17.3. The third-order valence-corrected chi connectivity index (χ3v) is 4.23. The van der Waals surface area contributed by atoms with Gasteiger partial charge in [0, 0.05) is 23.7 Å². The van der Waals surface area contributed by atoms with Crippen molar-refractivity contribution in [3.05, 3.63) is 53.0 Å². The molecule has 7 nitrogen and oxygen atoms in total. The number of primary amides is 1. The summed E-state index contributed by atoms with van der Waals surface area (Å²) in [5, 5.41) is 17.1. The van der Waals surface area contributed by atoms with Crippen LogP contribution in [0, 0.1) is 5.92 Å². The third-order valence-electron chi connectivity index (χ3n) is 3.98. The van der Waals surface area contributed by atoms with Gasteiger partial charge in [-0.3, -0.25) is 4.79 Å². The van der Waals surface area contributed by atoms with Crippen LogP contribution < -0.4 is 11.1 Å². The summed E-state index contributed by atoms with van der Waals surface area (Å²) in [6, 6.07) is 6.73. The van der Waals surface area contributed by atoms with Crippen LogP contribution in [0.25, 0.3) is 0 Å². The minimum absolute atomic E-state index is 0.0640. The van der Waals surface area contributed by atoms with E-state index >= 15 is 0 Å². The number of fused-ring (bicyclic) bond motifs is 1. The fraction of sp³-hybridized carbons (Fsp3) is 0.312. The van der Waals surface area contributed by atoms with Gasteiger partial charge in [0.05, 0.1) is 6.04 Å². The van der Waals surface area contributed by atoms with Crippen LogP contribution in [0.3, 0.4) is 0 Å². The number of halogens is 1. The van der Waals surface area contributed by atoms with Crippen molar-refractivity contribution in [3.8, 4) is 0 Å². The number of hydrogen-bond acceptors (Lipinski definition) is 5. The standard InChI is InChI=1S/C16H18ClN5O2/c1-9-13(15(18)24)14(10-4-6-11(17)7-5-10)22-16(19-9)20-12(21-22)3-2-8-23/h4-7,13-14,23H,1-3,8H2,(H2,18,24)(H,19,20,21)/t13-,14+/m0/s1. The summed E-state index contributed by atoms with van der Waals surface area (Å²) >= 11 is 5.96. The second-order valence-corrected chi connectivity index (χ2v) is 6.09. The van der Waals surface area contributed by atoms with E-state index in [-0.39, 0.29) is 6.61 Å². The van der Waals surface area contributed by atoms with Gasteiger partial charge in [0.15, 0.2) is 5.82 Å². The maximum Gasteiger partial charge on any atom is 0.229 e. The molecule has 0 spiro atoms. The van der Waals surface area contributed by atoms with Gasteiger partial charge in [-0.2, -0.15) is 10.1 Å². The van der Waals surface area contributed by atoms with Crippen molar-refractivity contribution in [2.24, 2.45) is 11.7 Å². The quantitative estimate of drug-likeness (QED) is 0.759. The minimum Gasteiger partial charge on any atom is -0.396 e. The Kier molecular flexibility index (Phi) is 4.55. The molecule has 0 aliphatic carbocycles. The predicted octanol–water partition coefficient (Wildman–Crippen LogP) is 1.49. The highest BCUT2D eigenvalue weighted by Crippen LogP contribution is 2.37. The Bertz CT molecular complexity index is 771. The van der Waals surface area contributed by atoms with E-state index in [1.807, 2.05) is 12.1 Å². The van der Waals surface area contributed by atoms with Crippen molar-refractivity contribution < 1.29 is 9.90 Å². The maximum atomic E-state index is 12.0. The number of carbonyl (C=O) groups is 1. The number of nitrogens with one attached hydrogen (secondary N) is 1. The van der Waals surface area contributed by atoms with Gasteiger partial charge in [0.2, 0.25) is 11.9 Å². The molecule has 4 N–H and O–H groups in total. The number of aliphatic hydroxyl groups excluding tert-OH is 1. The first-order valence-corrected chi connectivity index (χ1v) is 7.96. The van der Waals surface area contributed by atoms with E-state index < -0.39 is 17.9 Å². The Morgan fingerprint density at radius 3 is 2.75 bits per heavy atom. The zero-order valence-corrected chi connectivity index (χ0v) is 13.7. The molecule has 0 saturated heterocycles. The number of aryl methyl sites for hydroxylation is 1. The molecule has 2 heterocycles. The Balaban J connectivity index is 2.07. The first-order valence-electron chi connectivity index (χ1n) is 7.58. The Labute approximate surface area is 144 Å². The van der Waals surface area contributed by atoms with Gasteiger partial charge in [-0.15, -0.1) is 0 Å². The summed E-state index contributed by atoms with van der Waals surface area (Å²) in [6.07, 6.45) is 1.11. The van der Waals surface area contributed by atoms with Crippen LogP contribution in [0.2, 0.25) is 5.02 Å². The summed E-state index contributed by atoms with van der Waals surface area (Å²) in [7, 11) is 0. The lowest BCUT2D eigenvalue weighted by Gasteiger charge is -2.32. The number of nitrogens with two attached hydrogens (primary N) is 1. The van der Waals surface area contributed by atoms with Crippen LogP contribution in [-0.2, 0) is 11.2 Å². The number of anilines is 1. The molecular weight excluding hydrogens is 330 g/mol. The fourth-order valence-corrected chi connectivity index (χ4v) is 2.99. The Hall–Kier alpha value is -2.38. The molecule has 8 heteroatoms. The maximum absolute atomic E-state index is 12.0. The van der Waals surface area contributed by atoms with Crippen molar-refractivity contribution in [1.82, 2.24) is 14.8 Å². The van der Waals surface area contributed by atoms with Crippen molar-refractivity contribution in [2.45, 2.75) is 18.9 Å². The lowest BCUT2D eigenvalue weighted by Crippen LogP contribution is -2.40. The number of amides is 1. The predicted molar refractivity (Wildman–Crippen MR) is 90.5 cm³/mol. The number of carbonyl (C=O) groups excluding carboxylic acids is 1. The highest BCUT2D eigenvalue weighted by Gasteiger charge is 2.38. The molecule has 0 radical (unpaired) electrons. The summed E-state index contributed by atoms with van der Waals surface area (Å²) < 4.78 is 1.65. The second-order valence-electron chi connectivity index (χ2n) is 5.65. The molecule has 1 aromatic heterocycles. The van der Waals surface area contributed by atoms with E-state index in [9.17, 15) is 4.79 Å². The molecule has 126 valence electrons. The lowest BCUT2D eigenvalue weighted by molar-refractivity contribution is -0.121. The largest absolute Gasteiger partial charge is 0.396 e. The van der Waals surface area contributed by atoms with Crippen LogP contribution in [0.1, 0.15) is 23.9 Å². The molecular formula is C16H18ClN5O2. The van der Waals surface area contributed by atoms with Gasteiger partial charge in [-0.05, 0) is 24.1 Å². The fourth-order valence-electron chi connectivity index (χ4n) is 2.86. The van der Waals surface area contributed by atoms with Crippen LogP contribution >= 0.6 is 11.6 Å². The van der Waals surface area contributed by atoms with Gasteiger partial charge in [-0.25, -0.2) is 4.68 Å². The van der Waals surface area contributed by atoms with Gasteiger partial charge >= 0.3 is 0 Å². The zero-order valence-electron chi connectivity index (χ0n) is 12.9. The van der Waals surface area contributed by atoms with E-state index in [0.717, 1.165) is 5.56 Å². The normalized spacial score (nSPS) is 19.7. The monoisotopic (exact) mass is 347 g/mol. The van der Waals surface area contributed by atoms with E-state index in [4.69, 9.17) is 22.4 Å². The van der Waals surface area contributed by atoms with Crippen molar-refractivity contribution >= 4 is 23.5 Å². The van der Waals surface area contributed by atoms with E-state index in [1.54, 1.807) is 16.8 Å². The molecule has 2 aromatic rings. The second kappa shape index (κ2) is 6.62. The van der Waals surface area contributed by atoms with Crippen LogP contribution in [0.15, 0.2) is 36.5 Å². The van der Waals surface area contributed by atoms with Gasteiger partial charge in [0.1, 0.15) is 5.92 Å². The van der Waals surface area contributed by atoms with Crippen molar-refractivity contribution in [1.29, 1.82) is 0 Å². The van der Waals surface area contributed by atoms with Crippen LogP contribution in [0.4, 0.5) is 5.95 Å². The number of benzene rings is 1. The van der Waals surface area contributed by atoms with Gasteiger partial charge in [-0.1, -0.05) is 30.3 Å². The highest BCUT2D eigenvalue weighted by molar-refractivity contribution is 6.30. The number of aromatic nitrogens is 3. The Morgan fingerprint density at radius 2 is 2.12 bits per heavy atom. The molecule has 1 aromatic carbocycles. The molecule has 2 atom stereocenters. The number of rotatable bonds is 5. The molecule has 1 aliphatic rings. The van der Waals surface area contributed by atoms with Crippen LogP contribution in [-0.4, -0.2) is 32.4 Å². The molecule has 24 heavy (non-hydrogen) atoms. The SMILES string of the molecule is C=C1Nc2nc(CCCO)nn2[C@H](c2ccc(Cl)cc2)[C@H]1C(N)=O. The van der Waals surface area contributed by atoms with Gasteiger partial charge in [0.25, 0.3) is 0 Å². The lowest BCUT2D eigenvalue weighted by atomic mass is 9.89. The van der Waals surface area contributed by atoms with Crippen LogP contribution in [0.5, 0.6) is 0 Å². The molecule has 0 fully saturated rings. The Morgan fingerprint density at radius 1 is 1.42 bits per heavy atom. The topological polar surface area (TPSA) is 106 Å². The average molecular weight is 348 g/mol. The summed E-state index contributed by atoms with van der Waals surface area (Å²) in [5.41, 5.74) is 6.92. The molecule has 0 bridgehead atoms. The molecule has 0 unspecified atom stereocenters. The number of hydrogen-bond donors (Lipinski definition) is 3. The van der Waals surface area contributed by atoms with E-state index in [0.29, 0.717) is 35.3 Å². The third kappa shape index (κ3) is 3.00. The first kappa shape index (κ1) is 16.5. The smallest absolute Gasteiger partial charge is 0.229 e. The molecule has 1 aliphatic heterocycles. The van der Waals surface area contributed by atoms with Crippen molar-refractivity contribution in [2.75, 3.05) is 11.9 Å².